The lowest BCUT2D eigenvalue weighted by molar-refractivity contribution is -0.926. The lowest BCUT2D eigenvalue weighted by atomic mass is 10.2. The third kappa shape index (κ3) is 12.9. The Morgan fingerprint density at radius 2 is 1.20 bits per heavy atom. The van der Waals surface area contributed by atoms with Crippen molar-refractivity contribution < 1.29 is 17.5 Å². The molecule has 0 aliphatic heterocycles. The van der Waals surface area contributed by atoms with Gasteiger partial charge in [-0.25, -0.2) is 0 Å². The minimum atomic E-state index is -3.69. The normalized spacial score (nSPS) is 11.9. The molecule has 0 aliphatic rings. The van der Waals surface area contributed by atoms with E-state index in [-0.39, 0.29) is 5.75 Å². The van der Waals surface area contributed by atoms with E-state index in [2.05, 4.69) is 27.7 Å². The topological polar surface area (TPSA) is 54.4 Å². The zero-order chi connectivity index (χ0) is 16.1. The molecule has 0 amide bonds. The van der Waals surface area contributed by atoms with Gasteiger partial charge in [-0.1, -0.05) is 34.1 Å². The zero-order valence-corrected chi connectivity index (χ0v) is 15.0. The summed E-state index contributed by atoms with van der Waals surface area (Å²) in [4.78, 5) is 0. The number of quaternary nitrogens is 1. The number of hydrogen-bond acceptors (Lipinski definition) is 2. The van der Waals surface area contributed by atoms with Gasteiger partial charge in [0.15, 0.2) is 0 Å². The molecule has 0 aliphatic carbocycles. The fourth-order valence-electron chi connectivity index (χ4n) is 2.56. The van der Waals surface area contributed by atoms with Gasteiger partial charge in [-0.05, 0) is 32.6 Å². The van der Waals surface area contributed by atoms with Gasteiger partial charge in [0.25, 0.3) is 10.1 Å². The molecule has 0 aromatic heterocycles. The Bertz CT molecular complexity index is 285. The molecule has 0 aromatic rings. The SMILES string of the molecule is CCCCS(=O)(=O)O.CCC[N+](CC)(CCC)CCC. The highest BCUT2D eigenvalue weighted by atomic mass is 32.2. The van der Waals surface area contributed by atoms with Crippen LogP contribution in [0.1, 0.15) is 66.7 Å². The summed E-state index contributed by atoms with van der Waals surface area (Å²) in [5.41, 5.74) is 0. The van der Waals surface area contributed by atoms with Crippen LogP contribution in [-0.2, 0) is 10.1 Å². The van der Waals surface area contributed by atoms with Crippen molar-refractivity contribution in [2.75, 3.05) is 31.9 Å². The summed E-state index contributed by atoms with van der Waals surface area (Å²) in [5.74, 6) is -0.108. The van der Waals surface area contributed by atoms with Crippen LogP contribution in [-0.4, -0.2) is 49.4 Å². The molecule has 0 aromatic carbocycles. The summed E-state index contributed by atoms with van der Waals surface area (Å²) in [6.07, 6.45) is 5.31. The molecule has 0 fully saturated rings. The maximum atomic E-state index is 9.95. The molecule has 124 valence electrons. The van der Waals surface area contributed by atoms with Gasteiger partial charge in [0.05, 0.1) is 31.9 Å². The van der Waals surface area contributed by atoms with Gasteiger partial charge in [0, 0.05) is 0 Å². The van der Waals surface area contributed by atoms with Crippen LogP contribution in [0.25, 0.3) is 0 Å². The van der Waals surface area contributed by atoms with Crippen LogP contribution in [0.3, 0.4) is 0 Å². The summed E-state index contributed by atoms with van der Waals surface area (Å²) < 4.78 is 29.4. The molecule has 0 saturated carbocycles. The van der Waals surface area contributed by atoms with Crippen molar-refractivity contribution in [1.82, 2.24) is 0 Å². The maximum Gasteiger partial charge on any atom is 0.264 e. The predicted octanol–water partition coefficient (Wildman–Crippen LogP) is 3.73. The van der Waals surface area contributed by atoms with E-state index in [1.54, 1.807) is 0 Å². The molecule has 0 radical (unpaired) electrons. The monoisotopic (exact) mass is 310 g/mol. The fraction of sp³-hybridized carbons (Fsp3) is 1.00. The van der Waals surface area contributed by atoms with E-state index in [9.17, 15) is 8.42 Å². The molecule has 1 N–H and O–H groups in total. The lowest BCUT2D eigenvalue weighted by Gasteiger charge is -2.37. The summed E-state index contributed by atoms with van der Waals surface area (Å²) in [5, 5.41) is 0. The standard InChI is InChI=1S/C11H26N.C4H10O3S/c1-5-9-12(8-4,10-6-2)11-7-3;1-2-3-4-8(5,6)7/h5-11H2,1-4H3;2-4H2,1H3,(H,5,6,7)/q+1;. The Morgan fingerprint density at radius 3 is 1.35 bits per heavy atom. The summed E-state index contributed by atoms with van der Waals surface area (Å²) >= 11 is 0. The number of hydrogen-bond donors (Lipinski definition) is 1. The Kier molecular flexibility index (Phi) is 14.0. The first-order valence-electron chi connectivity index (χ1n) is 8.11. The van der Waals surface area contributed by atoms with E-state index >= 15 is 0 Å². The molecule has 0 unspecified atom stereocenters. The van der Waals surface area contributed by atoms with Crippen LogP contribution in [0, 0.1) is 0 Å². The Labute approximate surface area is 126 Å². The lowest BCUT2D eigenvalue weighted by Crippen LogP contribution is -2.49. The van der Waals surface area contributed by atoms with Gasteiger partial charge in [-0.3, -0.25) is 4.55 Å². The molecule has 5 heteroatoms. The average Bonchev–Trinajstić information content (AvgIpc) is 2.37. The predicted molar refractivity (Wildman–Crippen MR) is 87.6 cm³/mol. The molecule has 0 atom stereocenters. The Morgan fingerprint density at radius 1 is 0.800 bits per heavy atom. The highest BCUT2D eigenvalue weighted by Crippen LogP contribution is 2.10. The molecular weight excluding hydrogens is 274 g/mol. The smallest absolute Gasteiger partial charge is 0.264 e. The molecule has 0 spiro atoms. The Balaban J connectivity index is 0. The van der Waals surface area contributed by atoms with Crippen LogP contribution < -0.4 is 0 Å². The van der Waals surface area contributed by atoms with Crippen molar-refractivity contribution in [3.63, 3.8) is 0 Å². The maximum absolute atomic E-state index is 9.95. The van der Waals surface area contributed by atoms with Crippen LogP contribution >= 0.6 is 0 Å². The van der Waals surface area contributed by atoms with E-state index in [4.69, 9.17) is 4.55 Å². The highest BCUT2D eigenvalue weighted by molar-refractivity contribution is 7.85. The first kappa shape index (κ1) is 22.2. The summed E-state index contributed by atoms with van der Waals surface area (Å²) in [6.45, 7) is 16.5. The van der Waals surface area contributed by atoms with Crippen molar-refractivity contribution in [2.45, 2.75) is 66.7 Å². The first-order chi connectivity index (χ1) is 9.30. The van der Waals surface area contributed by atoms with Gasteiger partial charge in [0.2, 0.25) is 0 Å². The van der Waals surface area contributed by atoms with E-state index < -0.39 is 10.1 Å². The van der Waals surface area contributed by atoms with E-state index in [0.29, 0.717) is 6.42 Å². The van der Waals surface area contributed by atoms with Crippen molar-refractivity contribution in [3.8, 4) is 0 Å². The van der Waals surface area contributed by atoms with Gasteiger partial charge < -0.3 is 4.48 Å². The van der Waals surface area contributed by atoms with Crippen LogP contribution in [0.2, 0.25) is 0 Å². The average molecular weight is 311 g/mol. The van der Waals surface area contributed by atoms with Crippen molar-refractivity contribution in [3.05, 3.63) is 0 Å². The fourth-order valence-corrected chi connectivity index (χ4v) is 3.21. The van der Waals surface area contributed by atoms with Crippen LogP contribution in [0.4, 0.5) is 0 Å². The van der Waals surface area contributed by atoms with E-state index in [1.165, 1.54) is 49.9 Å². The molecule has 4 nitrogen and oxygen atoms in total. The highest BCUT2D eigenvalue weighted by Gasteiger charge is 2.21. The first-order valence-corrected chi connectivity index (χ1v) is 9.71. The zero-order valence-electron chi connectivity index (χ0n) is 14.2. The second kappa shape index (κ2) is 12.6. The minimum absolute atomic E-state index is 0.108. The second-order valence-corrected chi connectivity index (χ2v) is 7.04. The van der Waals surface area contributed by atoms with Crippen molar-refractivity contribution >= 4 is 10.1 Å². The van der Waals surface area contributed by atoms with Crippen molar-refractivity contribution in [2.24, 2.45) is 0 Å². The molecule has 0 bridgehead atoms. The largest absolute Gasteiger partial charge is 0.324 e. The van der Waals surface area contributed by atoms with Gasteiger partial charge in [-0.15, -0.1) is 0 Å². The third-order valence-corrected chi connectivity index (χ3v) is 4.33. The molecule has 0 heterocycles. The number of nitrogens with zero attached hydrogens (tertiary/aromatic N) is 1. The minimum Gasteiger partial charge on any atom is -0.324 e. The summed E-state index contributed by atoms with van der Waals surface area (Å²) in [7, 11) is -3.69. The second-order valence-electron chi connectivity index (χ2n) is 5.47. The van der Waals surface area contributed by atoms with Crippen LogP contribution in [0.5, 0.6) is 0 Å². The number of rotatable bonds is 10. The molecule has 20 heavy (non-hydrogen) atoms. The van der Waals surface area contributed by atoms with Gasteiger partial charge >= 0.3 is 0 Å². The van der Waals surface area contributed by atoms with Gasteiger partial charge in [0.1, 0.15) is 0 Å². The summed E-state index contributed by atoms with van der Waals surface area (Å²) in [6, 6.07) is 0. The van der Waals surface area contributed by atoms with Crippen LogP contribution in [0.15, 0.2) is 0 Å². The van der Waals surface area contributed by atoms with Crippen molar-refractivity contribution in [1.29, 1.82) is 0 Å². The van der Waals surface area contributed by atoms with Gasteiger partial charge in [-0.2, -0.15) is 8.42 Å². The molecule has 0 rings (SSSR count). The Hall–Kier alpha value is -0.130. The number of unbranched alkanes of at least 4 members (excludes halogenated alkanes) is 1. The van der Waals surface area contributed by atoms with E-state index in [1.807, 2.05) is 6.92 Å². The van der Waals surface area contributed by atoms with E-state index in [0.717, 1.165) is 6.42 Å². The quantitative estimate of drug-likeness (QED) is 0.494. The molecule has 0 saturated heterocycles. The molecular formula is C15H36NO3S+. The third-order valence-electron chi connectivity index (χ3n) is 3.52.